The van der Waals surface area contributed by atoms with Crippen LogP contribution in [0.4, 0.5) is 4.39 Å². The van der Waals surface area contributed by atoms with E-state index in [1.54, 1.807) is 29.4 Å². The zero-order chi connectivity index (χ0) is 15.2. The van der Waals surface area contributed by atoms with Crippen molar-refractivity contribution in [2.75, 3.05) is 20.3 Å². The number of carbonyl (C=O) groups is 1. The van der Waals surface area contributed by atoms with Crippen LogP contribution < -0.4 is 0 Å². The van der Waals surface area contributed by atoms with Crippen LogP contribution >= 0.6 is 27.3 Å². The van der Waals surface area contributed by atoms with Gasteiger partial charge in [-0.1, -0.05) is 12.1 Å². The van der Waals surface area contributed by atoms with Crippen LogP contribution in [0.25, 0.3) is 0 Å². The van der Waals surface area contributed by atoms with Gasteiger partial charge in [0.15, 0.2) is 0 Å². The van der Waals surface area contributed by atoms with Crippen molar-refractivity contribution < 1.29 is 13.9 Å². The summed E-state index contributed by atoms with van der Waals surface area (Å²) in [6, 6.07) is 8.38. The van der Waals surface area contributed by atoms with Crippen LogP contribution in [-0.2, 0) is 11.3 Å². The molecule has 0 N–H and O–H groups in total. The average molecular weight is 372 g/mol. The zero-order valence-corrected chi connectivity index (χ0v) is 13.9. The summed E-state index contributed by atoms with van der Waals surface area (Å²) in [5, 5.41) is 1.96. The molecule has 112 valence electrons. The number of rotatable bonds is 6. The lowest BCUT2D eigenvalue weighted by Crippen LogP contribution is -2.33. The predicted molar refractivity (Wildman–Crippen MR) is 85.0 cm³/mol. The Labute approximate surface area is 135 Å². The number of nitrogens with zero attached hydrogens (tertiary/aromatic N) is 1. The second-order valence-corrected chi connectivity index (χ2v) is 6.23. The topological polar surface area (TPSA) is 29.5 Å². The van der Waals surface area contributed by atoms with E-state index in [-0.39, 0.29) is 10.4 Å². The minimum atomic E-state index is -0.441. The summed E-state index contributed by atoms with van der Waals surface area (Å²) in [4.78, 5) is 15.4. The molecular formula is C15H15BrFNO2S. The fourth-order valence-electron chi connectivity index (χ4n) is 1.88. The molecule has 0 spiro atoms. The Morgan fingerprint density at radius 2 is 2.19 bits per heavy atom. The highest BCUT2D eigenvalue weighted by atomic mass is 79.9. The molecule has 0 aliphatic heterocycles. The molecule has 0 atom stereocenters. The van der Waals surface area contributed by atoms with Gasteiger partial charge < -0.3 is 9.64 Å². The van der Waals surface area contributed by atoms with Crippen LogP contribution in [0.3, 0.4) is 0 Å². The first-order valence-electron chi connectivity index (χ1n) is 6.38. The minimum Gasteiger partial charge on any atom is -0.383 e. The van der Waals surface area contributed by atoms with E-state index < -0.39 is 5.82 Å². The maximum atomic E-state index is 13.6. The fraction of sp³-hybridized carbons (Fsp3) is 0.267. The molecule has 1 aromatic carbocycles. The van der Waals surface area contributed by atoms with Crippen molar-refractivity contribution >= 4 is 33.2 Å². The average Bonchev–Trinajstić information content (AvgIpc) is 2.98. The quantitative estimate of drug-likeness (QED) is 0.769. The fourth-order valence-corrected chi connectivity index (χ4v) is 3.04. The summed E-state index contributed by atoms with van der Waals surface area (Å²) in [7, 11) is 1.59. The van der Waals surface area contributed by atoms with Gasteiger partial charge in [-0.25, -0.2) is 4.39 Å². The maximum Gasteiger partial charge on any atom is 0.255 e. The number of benzene rings is 1. The first-order valence-corrected chi connectivity index (χ1v) is 8.05. The van der Waals surface area contributed by atoms with Crippen molar-refractivity contribution in [3.05, 3.63) is 56.4 Å². The third kappa shape index (κ3) is 4.12. The van der Waals surface area contributed by atoms with Crippen molar-refractivity contribution in [3.8, 4) is 0 Å². The lowest BCUT2D eigenvalue weighted by Gasteiger charge is -2.22. The third-order valence-electron chi connectivity index (χ3n) is 2.96. The third-order valence-corrected chi connectivity index (χ3v) is 4.63. The Morgan fingerprint density at radius 1 is 1.38 bits per heavy atom. The Bertz CT molecular complexity index is 604. The van der Waals surface area contributed by atoms with E-state index in [1.807, 2.05) is 17.5 Å². The van der Waals surface area contributed by atoms with Crippen LogP contribution in [-0.4, -0.2) is 31.1 Å². The number of carbonyl (C=O) groups excluding carboxylic acids is 1. The number of methoxy groups -OCH3 is 1. The first-order chi connectivity index (χ1) is 10.1. The lowest BCUT2D eigenvalue weighted by molar-refractivity contribution is 0.0681. The summed E-state index contributed by atoms with van der Waals surface area (Å²) in [6.07, 6.45) is 0. The van der Waals surface area contributed by atoms with Gasteiger partial charge in [0.1, 0.15) is 5.82 Å². The number of halogens is 2. The number of ether oxygens (including phenoxy) is 1. The summed E-state index contributed by atoms with van der Waals surface area (Å²) in [6.45, 7) is 1.38. The van der Waals surface area contributed by atoms with E-state index >= 15 is 0 Å². The van der Waals surface area contributed by atoms with E-state index in [0.29, 0.717) is 25.3 Å². The van der Waals surface area contributed by atoms with Crippen molar-refractivity contribution in [1.29, 1.82) is 0 Å². The first kappa shape index (κ1) is 16.1. The summed E-state index contributed by atoms with van der Waals surface area (Å²) >= 11 is 4.73. The van der Waals surface area contributed by atoms with Gasteiger partial charge in [-0.05, 0) is 39.5 Å². The molecule has 6 heteroatoms. The van der Waals surface area contributed by atoms with Gasteiger partial charge in [0.2, 0.25) is 0 Å². The molecule has 0 saturated heterocycles. The molecule has 21 heavy (non-hydrogen) atoms. The standard InChI is InChI=1S/C15H15BrFNO2S/c1-20-8-7-18(10-11-4-3-9-21-11)15(19)12-5-2-6-13(17)14(12)16/h2-6,9H,7-8,10H2,1H3. The summed E-state index contributed by atoms with van der Waals surface area (Å²) in [5.74, 6) is -0.657. The predicted octanol–water partition coefficient (Wildman–Crippen LogP) is 3.94. The zero-order valence-electron chi connectivity index (χ0n) is 11.5. The Balaban J connectivity index is 2.22. The van der Waals surface area contributed by atoms with Crippen LogP contribution in [0.1, 0.15) is 15.2 Å². The van der Waals surface area contributed by atoms with E-state index in [0.717, 1.165) is 4.88 Å². The van der Waals surface area contributed by atoms with E-state index in [9.17, 15) is 9.18 Å². The molecule has 2 rings (SSSR count). The molecule has 1 heterocycles. The van der Waals surface area contributed by atoms with Gasteiger partial charge in [-0.2, -0.15) is 0 Å². The van der Waals surface area contributed by atoms with Crippen LogP contribution in [0.15, 0.2) is 40.2 Å². The van der Waals surface area contributed by atoms with Crippen molar-refractivity contribution in [3.63, 3.8) is 0 Å². The molecule has 0 aliphatic carbocycles. The summed E-state index contributed by atoms with van der Waals surface area (Å²) in [5.41, 5.74) is 0.322. The van der Waals surface area contributed by atoms with Gasteiger partial charge in [0.25, 0.3) is 5.91 Å². The minimum absolute atomic E-state index is 0.198. The second-order valence-electron chi connectivity index (χ2n) is 4.40. The van der Waals surface area contributed by atoms with Gasteiger partial charge in [-0.3, -0.25) is 4.79 Å². The smallest absolute Gasteiger partial charge is 0.255 e. The van der Waals surface area contributed by atoms with Crippen LogP contribution in [0.2, 0.25) is 0 Å². The van der Waals surface area contributed by atoms with E-state index in [1.165, 1.54) is 12.1 Å². The largest absolute Gasteiger partial charge is 0.383 e. The van der Waals surface area contributed by atoms with Crippen molar-refractivity contribution in [1.82, 2.24) is 4.90 Å². The molecule has 1 amide bonds. The maximum absolute atomic E-state index is 13.6. The van der Waals surface area contributed by atoms with Gasteiger partial charge in [0, 0.05) is 18.5 Å². The van der Waals surface area contributed by atoms with Gasteiger partial charge in [-0.15, -0.1) is 11.3 Å². The normalized spacial score (nSPS) is 10.6. The molecule has 0 aliphatic rings. The summed E-state index contributed by atoms with van der Waals surface area (Å²) < 4.78 is 18.8. The molecule has 0 bridgehead atoms. The van der Waals surface area contributed by atoms with Crippen LogP contribution in [0, 0.1) is 5.82 Å². The van der Waals surface area contributed by atoms with Gasteiger partial charge in [0.05, 0.1) is 23.2 Å². The Hall–Kier alpha value is -1.24. The van der Waals surface area contributed by atoms with E-state index in [2.05, 4.69) is 15.9 Å². The molecule has 0 unspecified atom stereocenters. The molecule has 0 radical (unpaired) electrons. The molecule has 1 aromatic heterocycles. The van der Waals surface area contributed by atoms with Crippen molar-refractivity contribution in [2.24, 2.45) is 0 Å². The molecule has 0 fully saturated rings. The van der Waals surface area contributed by atoms with E-state index in [4.69, 9.17) is 4.74 Å². The number of amides is 1. The molecular weight excluding hydrogens is 357 g/mol. The Kier molecular flexibility index (Phi) is 5.90. The highest BCUT2D eigenvalue weighted by Crippen LogP contribution is 2.23. The molecule has 3 nitrogen and oxygen atoms in total. The number of hydrogen-bond acceptors (Lipinski definition) is 3. The van der Waals surface area contributed by atoms with Crippen molar-refractivity contribution in [2.45, 2.75) is 6.54 Å². The van der Waals surface area contributed by atoms with Crippen LogP contribution in [0.5, 0.6) is 0 Å². The number of hydrogen-bond donors (Lipinski definition) is 0. The SMILES string of the molecule is COCCN(Cc1cccs1)C(=O)c1cccc(F)c1Br. The monoisotopic (exact) mass is 371 g/mol. The molecule has 2 aromatic rings. The Morgan fingerprint density at radius 3 is 2.86 bits per heavy atom. The van der Waals surface area contributed by atoms with Gasteiger partial charge >= 0.3 is 0 Å². The molecule has 0 saturated carbocycles. The highest BCUT2D eigenvalue weighted by Gasteiger charge is 2.20. The lowest BCUT2D eigenvalue weighted by atomic mass is 10.2. The highest BCUT2D eigenvalue weighted by molar-refractivity contribution is 9.10. The number of thiophene rings is 1. The second kappa shape index (κ2) is 7.68.